The fourth-order valence-electron chi connectivity index (χ4n) is 3.36. The van der Waals surface area contributed by atoms with Gasteiger partial charge >= 0.3 is 0 Å². The molecule has 1 aliphatic carbocycles. The van der Waals surface area contributed by atoms with Crippen LogP contribution in [0.4, 0.5) is 5.69 Å². The third-order valence-corrected chi connectivity index (χ3v) is 4.82. The first-order valence-electron chi connectivity index (χ1n) is 8.91. The average Bonchev–Trinajstić information content (AvgIpc) is 2.58. The molecule has 1 fully saturated rings. The summed E-state index contributed by atoms with van der Waals surface area (Å²) < 4.78 is 5.56. The number of ether oxygens (including phenoxy) is 1. The van der Waals surface area contributed by atoms with E-state index >= 15 is 0 Å². The summed E-state index contributed by atoms with van der Waals surface area (Å²) in [6, 6.07) is 7.80. The van der Waals surface area contributed by atoms with Crippen LogP contribution in [0.15, 0.2) is 24.3 Å². The molecule has 24 heavy (non-hydrogen) atoms. The molecule has 134 valence electrons. The molecule has 3 N–H and O–H groups in total. The van der Waals surface area contributed by atoms with Gasteiger partial charge in [0.2, 0.25) is 5.91 Å². The highest BCUT2D eigenvalue weighted by Gasteiger charge is 2.40. The van der Waals surface area contributed by atoms with E-state index in [0.717, 1.165) is 43.5 Å². The summed E-state index contributed by atoms with van der Waals surface area (Å²) in [6.07, 6.45) is 5.21. The molecule has 0 aliphatic heterocycles. The topological polar surface area (TPSA) is 67.6 Å². The van der Waals surface area contributed by atoms with Crippen molar-refractivity contribution < 1.29 is 9.53 Å². The van der Waals surface area contributed by atoms with Gasteiger partial charge in [-0.15, -0.1) is 0 Å². The number of hydrogen-bond acceptors (Lipinski definition) is 4. The molecule has 1 aromatic carbocycles. The van der Waals surface area contributed by atoms with Crippen molar-refractivity contribution in [3.63, 3.8) is 0 Å². The predicted molar refractivity (Wildman–Crippen MR) is 98.0 cm³/mol. The fraction of sp³-hybridized carbons (Fsp3) is 0.632. The second-order valence-corrected chi connectivity index (χ2v) is 6.94. The van der Waals surface area contributed by atoms with Gasteiger partial charge in [0.15, 0.2) is 0 Å². The van der Waals surface area contributed by atoms with Crippen LogP contribution in [0.25, 0.3) is 0 Å². The van der Waals surface area contributed by atoms with Gasteiger partial charge in [-0.3, -0.25) is 4.79 Å². The van der Waals surface area contributed by atoms with Crippen LogP contribution in [-0.2, 0) is 14.9 Å². The number of rotatable bonds is 8. The van der Waals surface area contributed by atoms with Gasteiger partial charge in [-0.2, -0.15) is 0 Å². The monoisotopic (exact) mass is 333 g/mol. The summed E-state index contributed by atoms with van der Waals surface area (Å²) >= 11 is 0. The van der Waals surface area contributed by atoms with Crippen LogP contribution >= 0.6 is 0 Å². The summed E-state index contributed by atoms with van der Waals surface area (Å²) in [5, 5.41) is 3.09. The van der Waals surface area contributed by atoms with Gasteiger partial charge in [-0.25, -0.2) is 0 Å². The average molecular weight is 333 g/mol. The van der Waals surface area contributed by atoms with Crippen molar-refractivity contribution in [2.24, 2.45) is 0 Å². The first-order chi connectivity index (χ1) is 11.5. The first kappa shape index (κ1) is 18.7. The second kappa shape index (κ2) is 9.04. The Kier molecular flexibility index (Phi) is 7.06. The Morgan fingerprint density at radius 3 is 2.46 bits per heavy atom. The zero-order valence-corrected chi connectivity index (χ0v) is 15.0. The maximum atomic E-state index is 12.9. The van der Waals surface area contributed by atoms with Crippen molar-refractivity contribution in [1.82, 2.24) is 10.2 Å². The van der Waals surface area contributed by atoms with Crippen molar-refractivity contribution in [1.29, 1.82) is 0 Å². The number of anilines is 1. The minimum atomic E-state index is -0.407. The van der Waals surface area contributed by atoms with Crippen LogP contribution in [0.2, 0.25) is 0 Å². The summed E-state index contributed by atoms with van der Waals surface area (Å²) in [7, 11) is 4.04. The number of hydrogen-bond donors (Lipinski definition) is 2. The fourth-order valence-corrected chi connectivity index (χ4v) is 3.36. The second-order valence-electron chi connectivity index (χ2n) is 6.94. The van der Waals surface area contributed by atoms with E-state index in [1.54, 1.807) is 0 Å². The Morgan fingerprint density at radius 1 is 1.17 bits per heavy atom. The van der Waals surface area contributed by atoms with E-state index in [0.29, 0.717) is 19.8 Å². The lowest BCUT2D eigenvalue weighted by atomic mass is 9.68. The summed E-state index contributed by atoms with van der Waals surface area (Å²) in [6.45, 7) is 2.69. The lowest BCUT2D eigenvalue weighted by Crippen LogP contribution is -2.46. The minimum absolute atomic E-state index is 0.128. The zero-order valence-electron chi connectivity index (χ0n) is 15.0. The molecule has 1 saturated carbocycles. The standard InChI is InChI=1S/C19H31N3O2/c1-22(2)13-15-24-14-12-21-18(23)19(10-4-3-5-11-19)16-6-8-17(20)9-7-16/h6-9H,3-5,10-15,20H2,1-2H3,(H,21,23). The van der Waals surface area contributed by atoms with Crippen molar-refractivity contribution in [2.75, 3.05) is 46.1 Å². The van der Waals surface area contributed by atoms with Gasteiger partial charge in [0.05, 0.1) is 18.6 Å². The van der Waals surface area contributed by atoms with Crippen LogP contribution in [0.1, 0.15) is 37.7 Å². The molecule has 0 radical (unpaired) electrons. The molecule has 1 amide bonds. The predicted octanol–water partition coefficient (Wildman–Crippen LogP) is 2.17. The van der Waals surface area contributed by atoms with E-state index in [-0.39, 0.29) is 5.91 Å². The molecule has 1 aromatic rings. The van der Waals surface area contributed by atoms with Crippen molar-refractivity contribution in [2.45, 2.75) is 37.5 Å². The van der Waals surface area contributed by atoms with E-state index in [1.165, 1.54) is 6.42 Å². The molecule has 0 spiro atoms. The Hall–Kier alpha value is -1.59. The summed E-state index contributed by atoms with van der Waals surface area (Å²) in [4.78, 5) is 15.0. The van der Waals surface area contributed by atoms with Crippen LogP contribution in [-0.4, -0.2) is 51.2 Å². The summed E-state index contributed by atoms with van der Waals surface area (Å²) in [5.41, 5.74) is 7.22. The van der Waals surface area contributed by atoms with Crippen LogP contribution in [0.5, 0.6) is 0 Å². The quantitative estimate of drug-likeness (QED) is 0.565. The smallest absolute Gasteiger partial charge is 0.230 e. The van der Waals surface area contributed by atoms with Gasteiger partial charge in [0, 0.05) is 18.8 Å². The minimum Gasteiger partial charge on any atom is -0.399 e. The Balaban J connectivity index is 1.92. The number of nitrogens with zero attached hydrogens (tertiary/aromatic N) is 1. The number of nitrogens with two attached hydrogens (primary N) is 1. The van der Waals surface area contributed by atoms with Crippen molar-refractivity contribution in [3.05, 3.63) is 29.8 Å². The number of carbonyl (C=O) groups is 1. The van der Waals surface area contributed by atoms with Crippen molar-refractivity contribution >= 4 is 11.6 Å². The van der Waals surface area contributed by atoms with E-state index in [1.807, 2.05) is 38.4 Å². The normalized spacial score (nSPS) is 17.0. The number of nitrogens with one attached hydrogen (secondary N) is 1. The highest BCUT2D eigenvalue weighted by molar-refractivity contribution is 5.88. The maximum Gasteiger partial charge on any atom is 0.230 e. The molecule has 0 heterocycles. The Morgan fingerprint density at radius 2 is 1.83 bits per heavy atom. The number of amides is 1. The number of carbonyl (C=O) groups excluding carboxylic acids is 1. The van der Waals surface area contributed by atoms with Gasteiger partial charge in [-0.1, -0.05) is 31.4 Å². The highest BCUT2D eigenvalue weighted by atomic mass is 16.5. The highest BCUT2D eigenvalue weighted by Crippen LogP contribution is 2.39. The number of likely N-dealkylation sites (N-methyl/N-ethyl adjacent to an activating group) is 1. The maximum absolute atomic E-state index is 12.9. The summed E-state index contributed by atoms with van der Waals surface area (Å²) in [5.74, 6) is 0.128. The molecule has 5 nitrogen and oxygen atoms in total. The molecule has 5 heteroatoms. The third-order valence-electron chi connectivity index (χ3n) is 4.82. The third kappa shape index (κ3) is 4.95. The molecule has 0 bridgehead atoms. The van der Waals surface area contributed by atoms with Crippen LogP contribution < -0.4 is 11.1 Å². The molecular formula is C19H31N3O2. The van der Waals surface area contributed by atoms with E-state index in [4.69, 9.17) is 10.5 Å². The molecule has 0 atom stereocenters. The molecule has 0 unspecified atom stereocenters. The van der Waals surface area contributed by atoms with Gasteiger partial charge in [-0.05, 0) is 44.6 Å². The number of benzene rings is 1. The number of nitrogen functional groups attached to an aromatic ring is 1. The van der Waals surface area contributed by atoms with Gasteiger partial charge in [0.1, 0.15) is 0 Å². The molecule has 2 rings (SSSR count). The Labute approximate surface area is 145 Å². The molecule has 1 aliphatic rings. The van der Waals surface area contributed by atoms with Crippen molar-refractivity contribution in [3.8, 4) is 0 Å². The van der Waals surface area contributed by atoms with E-state index < -0.39 is 5.41 Å². The van der Waals surface area contributed by atoms with E-state index in [2.05, 4.69) is 10.2 Å². The molecule has 0 aromatic heterocycles. The van der Waals surface area contributed by atoms with Gasteiger partial charge < -0.3 is 20.7 Å². The molecular weight excluding hydrogens is 302 g/mol. The van der Waals surface area contributed by atoms with E-state index in [9.17, 15) is 4.79 Å². The zero-order chi connectivity index (χ0) is 17.4. The molecule has 0 saturated heterocycles. The lowest BCUT2D eigenvalue weighted by molar-refractivity contribution is -0.128. The Bertz CT molecular complexity index is 508. The lowest BCUT2D eigenvalue weighted by Gasteiger charge is -2.36. The first-order valence-corrected chi connectivity index (χ1v) is 8.91. The van der Waals surface area contributed by atoms with Crippen LogP contribution in [0.3, 0.4) is 0 Å². The largest absolute Gasteiger partial charge is 0.399 e. The van der Waals surface area contributed by atoms with Crippen LogP contribution in [0, 0.1) is 0 Å². The SMILES string of the molecule is CN(C)CCOCCNC(=O)C1(c2ccc(N)cc2)CCCCC1. The van der Waals surface area contributed by atoms with Gasteiger partial charge in [0.25, 0.3) is 0 Å².